The van der Waals surface area contributed by atoms with Crippen molar-refractivity contribution in [1.82, 2.24) is 10.2 Å². The Kier molecular flexibility index (Phi) is 4.98. The van der Waals surface area contributed by atoms with Crippen LogP contribution in [0.4, 0.5) is 5.69 Å². The summed E-state index contributed by atoms with van der Waals surface area (Å²) in [5.41, 5.74) is 8.05. The average Bonchev–Trinajstić information content (AvgIpc) is 2.95. The van der Waals surface area contributed by atoms with Gasteiger partial charge in [0, 0.05) is 22.7 Å². The second-order valence-corrected chi connectivity index (χ2v) is 6.26. The largest absolute Gasteiger partial charge is 0.399 e. The number of nitrogens with zero attached hydrogens (tertiary/aromatic N) is 1. The van der Waals surface area contributed by atoms with Gasteiger partial charge in [0.2, 0.25) is 0 Å². The number of hydrogen-bond donors (Lipinski definition) is 2. The molecule has 1 aromatic carbocycles. The fourth-order valence-electron chi connectivity index (χ4n) is 2.13. The monoisotopic (exact) mass is 303 g/mol. The highest BCUT2D eigenvalue weighted by molar-refractivity contribution is 7.10. The lowest BCUT2D eigenvalue weighted by molar-refractivity contribution is 0.0942. The second kappa shape index (κ2) is 6.74. The number of anilines is 1. The molecule has 0 aliphatic heterocycles. The number of nitrogens with one attached hydrogen (secondary N) is 1. The van der Waals surface area contributed by atoms with Gasteiger partial charge in [-0.3, -0.25) is 4.79 Å². The van der Waals surface area contributed by atoms with Crippen molar-refractivity contribution in [2.24, 2.45) is 0 Å². The first kappa shape index (κ1) is 15.5. The van der Waals surface area contributed by atoms with Gasteiger partial charge in [0.25, 0.3) is 5.91 Å². The minimum absolute atomic E-state index is 0.0680. The molecular weight excluding hydrogens is 282 g/mol. The minimum Gasteiger partial charge on any atom is -0.399 e. The molecule has 0 aliphatic carbocycles. The molecule has 4 nitrogen and oxygen atoms in total. The maximum absolute atomic E-state index is 12.2. The predicted octanol–water partition coefficient (Wildman–Crippen LogP) is 2.67. The summed E-state index contributed by atoms with van der Waals surface area (Å²) in [5.74, 6) is -0.0680. The maximum atomic E-state index is 12.2. The van der Waals surface area contributed by atoms with E-state index in [2.05, 4.69) is 21.7 Å². The number of rotatable bonds is 5. The van der Waals surface area contributed by atoms with Gasteiger partial charge < -0.3 is 16.0 Å². The first-order chi connectivity index (χ1) is 9.99. The van der Waals surface area contributed by atoms with E-state index in [1.807, 2.05) is 33.2 Å². The third kappa shape index (κ3) is 3.83. The highest BCUT2D eigenvalue weighted by Gasteiger charge is 2.16. The van der Waals surface area contributed by atoms with Crippen molar-refractivity contribution in [2.45, 2.75) is 13.0 Å². The number of hydrogen-bond acceptors (Lipinski definition) is 4. The van der Waals surface area contributed by atoms with Crippen molar-refractivity contribution in [3.8, 4) is 0 Å². The number of likely N-dealkylation sites (N-methyl/N-ethyl adjacent to an activating group) is 1. The van der Waals surface area contributed by atoms with Gasteiger partial charge in [0.15, 0.2) is 0 Å². The molecule has 1 amide bonds. The summed E-state index contributed by atoms with van der Waals surface area (Å²) in [6.07, 6.45) is 0. The van der Waals surface area contributed by atoms with E-state index in [1.165, 1.54) is 4.88 Å². The van der Waals surface area contributed by atoms with E-state index in [4.69, 9.17) is 5.73 Å². The molecule has 1 aromatic heterocycles. The van der Waals surface area contributed by atoms with Gasteiger partial charge in [0.1, 0.15) is 0 Å². The summed E-state index contributed by atoms with van der Waals surface area (Å²) in [4.78, 5) is 15.6. The van der Waals surface area contributed by atoms with Crippen molar-refractivity contribution in [3.63, 3.8) is 0 Å². The Morgan fingerprint density at radius 1 is 1.38 bits per heavy atom. The van der Waals surface area contributed by atoms with Crippen molar-refractivity contribution < 1.29 is 4.79 Å². The summed E-state index contributed by atoms with van der Waals surface area (Å²) < 4.78 is 0. The standard InChI is InChI=1S/C16H21N3OS/c1-11-9-12(6-7-13(11)17)16(20)18-10-14(19(2)3)15-5-4-8-21-15/h4-9,14H,10,17H2,1-3H3,(H,18,20). The first-order valence-electron chi connectivity index (χ1n) is 6.83. The summed E-state index contributed by atoms with van der Waals surface area (Å²) in [6, 6.07) is 9.65. The van der Waals surface area contributed by atoms with E-state index >= 15 is 0 Å². The van der Waals surface area contributed by atoms with Crippen LogP contribution in [0.15, 0.2) is 35.7 Å². The van der Waals surface area contributed by atoms with Crippen LogP contribution in [-0.2, 0) is 0 Å². The van der Waals surface area contributed by atoms with Crippen LogP contribution in [0.1, 0.15) is 26.8 Å². The van der Waals surface area contributed by atoms with Crippen LogP contribution in [0.5, 0.6) is 0 Å². The Bertz CT molecular complexity index is 608. The number of carbonyl (C=O) groups is 1. The van der Waals surface area contributed by atoms with E-state index in [0.29, 0.717) is 17.8 Å². The van der Waals surface area contributed by atoms with Crippen LogP contribution in [0.2, 0.25) is 0 Å². The van der Waals surface area contributed by atoms with E-state index in [9.17, 15) is 4.79 Å². The van der Waals surface area contributed by atoms with Crippen molar-refractivity contribution >= 4 is 22.9 Å². The maximum Gasteiger partial charge on any atom is 0.251 e. The molecule has 2 aromatic rings. The number of aryl methyl sites for hydroxylation is 1. The molecule has 1 heterocycles. The van der Waals surface area contributed by atoms with Crippen molar-refractivity contribution in [2.75, 3.05) is 26.4 Å². The third-order valence-electron chi connectivity index (χ3n) is 3.48. The number of nitrogen functional groups attached to an aromatic ring is 1. The summed E-state index contributed by atoms with van der Waals surface area (Å²) in [5, 5.41) is 5.05. The Hall–Kier alpha value is -1.85. The number of nitrogens with two attached hydrogens (primary N) is 1. The molecule has 112 valence electrons. The molecule has 0 fully saturated rings. The fraction of sp³-hybridized carbons (Fsp3) is 0.312. The number of benzene rings is 1. The summed E-state index contributed by atoms with van der Waals surface area (Å²) in [6.45, 7) is 2.48. The van der Waals surface area contributed by atoms with Gasteiger partial charge in [-0.2, -0.15) is 0 Å². The zero-order valence-corrected chi connectivity index (χ0v) is 13.4. The van der Waals surface area contributed by atoms with Gasteiger partial charge in [-0.25, -0.2) is 0 Å². The fourth-order valence-corrected chi connectivity index (χ4v) is 3.05. The zero-order valence-electron chi connectivity index (χ0n) is 12.6. The molecule has 5 heteroatoms. The molecule has 0 saturated heterocycles. The third-order valence-corrected chi connectivity index (χ3v) is 4.46. The lowest BCUT2D eigenvalue weighted by Gasteiger charge is -2.23. The smallest absolute Gasteiger partial charge is 0.251 e. The van der Waals surface area contributed by atoms with Crippen molar-refractivity contribution in [3.05, 3.63) is 51.7 Å². The second-order valence-electron chi connectivity index (χ2n) is 5.28. The predicted molar refractivity (Wildman–Crippen MR) is 88.7 cm³/mol. The average molecular weight is 303 g/mol. The molecule has 2 rings (SSSR count). The van der Waals surface area contributed by atoms with Crippen LogP contribution in [0.3, 0.4) is 0 Å². The van der Waals surface area contributed by atoms with Gasteiger partial charge in [0.05, 0.1) is 6.04 Å². The molecule has 0 spiro atoms. The molecule has 3 N–H and O–H groups in total. The topological polar surface area (TPSA) is 58.4 Å². The lowest BCUT2D eigenvalue weighted by atomic mass is 10.1. The van der Waals surface area contributed by atoms with E-state index in [-0.39, 0.29) is 11.9 Å². The minimum atomic E-state index is -0.0680. The molecule has 1 atom stereocenters. The Morgan fingerprint density at radius 3 is 2.71 bits per heavy atom. The van der Waals surface area contributed by atoms with E-state index in [0.717, 1.165) is 5.56 Å². The van der Waals surface area contributed by atoms with Gasteiger partial charge in [-0.05, 0) is 56.2 Å². The lowest BCUT2D eigenvalue weighted by Crippen LogP contribution is -2.34. The molecule has 0 radical (unpaired) electrons. The number of amides is 1. The van der Waals surface area contributed by atoms with Gasteiger partial charge >= 0.3 is 0 Å². The zero-order chi connectivity index (χ0) is 15.4. The molecule has 21 heavy (non-hydrogen) atoms. The molecular formula is C16H21N3OS. The number of thiophene rings is 1. The van der Waals surface area contributed by atoms with Crippen LogP contribution < -0.4 is 11.1 Å². The molecule has 0 aliphatic rings. The first-order valence-corrected chi connectivity index (χ1v) is 7.71. The Labute approximate surface area is 129 Å². The highest BCUT2D eigenvalue weighted by Crippen LogP contribution is 2.22. The van der Waals surface area contributed by atoms with E-state index < -0.39 is 0 Å². The van der Waals surface area contributed by atoms with Gasteiger partial charge in [-0.1, -0.05) is 6.07 Å². The Morgan fingerprint density at radius 2 is 2.14 bits per heavy atom. The number of carbonyl (C=O) groups excluding carboxylic acids is 1. The van der Waals surface area contributed by atoms with Crippen LogP contribution in [0.25, 0.3) is 0 Å². The van der Waals surface area contributed by atoms with Crippen LogP contribution >= 0.6 is 11.3 Å². The molecule has 0 saturated carbocycles. The Balaban J connectivity index is 2.03. The summed E-state index contributed by atoms with van der Waals surface area (Å²) >= 11 is 1.70. The van der Waals surface area contributed by atoms with Gasteiger partial charge in [-0.15, -0.1) is 11.3 Å². The summed E-state index contributed by atoms with van der Waals surface area (Å²) in [7, 11) is 4.04. The van der Waals surface area contributed by atoms with E-state index in [1.54, 1.807) is 23.5 Å². The normalized spacial score (nSPS) is 12.4. The van der Waals surface area contributed by atoms with Crippen molar-refractivity contribution in [1.29, 1.82) is 0 Å². The van der Waals surface area contributed by atoms with Crippen LogP contribution in [0, 0.1) is 6.92 Å². The SMILES string of the molecule is Cc1cc(C(=O)NCC(c2cccs2)N(C)C)ccc1N. The molecule has 1 unspecified atom stereocenters. The highest BCUT2D eigenvalue weighted by atomic mass is 32.1. The van der Waals surface area contributed by atoms with Crippen LogP contribution in [-0.4, -0.2) is 31.4 Å². The quantitative estimate of drug-likeness (QED) is 0.835. The molecule has 0 bridgehead atoms.